The van der Waals surface area contributed by atoms with Crippen LogP contribution in [-0.4, -0.2) is 34.2 Å². The van der Waals surface area contributed by atoms with E-state index in [1.54, 1.807) is 36.4 Å². The van der Waals surface area contributed by atoms with Crippen LogP contribution in [0.2, 0.25) is 0 Å². The predicted molar refractivity (Wildman–Crippen MR) is 129 cm³/mol. The van der Waals surface area contributed by atoms with Crippen molar-refractivity contribution in [1.82, 2.24) is 5.43 Å². The van der Waals surface area contributed by atoms with Crippen LogP contribution in [0.25, 0.3) is 0 Å². The number of carbonyl (C=O) groups is 1. The lowest BCUT2D eigenvalue weighted by atomic mass is 10.2. The number of benzene rings is 3. The first-order valence-corrected chi connectivity index (χ1v) is 11.8. The minimum atomic E-state index is -3.99. The van der Waals surface area contributed by atoms with Crippen molar-refractivity contribution >= 4 is 43.8 Å². The van der Waals surface area contributed by atoms with Crippen molar-refractivity contribution in [2.24, 2.45) is 5.10 Å². The van der Waals surface area contributed by atoms with Crippen molar-refractivity contribution in [3.63, 3.8) is 0 Å². The smallest absolute Gasteiger partial charge is 0.264 e. The van der Waals surface area contributed by atoms with Crippen molar-refractivity contribution in [1.29, 1.82) is 0 Å². The van der Waals surface area contributed by atoms with Crippen molar-refractivity contribution < 1.29 is 17.9 Å². The van der Waals surface area contributed by atoms with Crippen LogP contribution in [0.1, 0.15) is 11.1 Å². The number of methoxy groups -OCH3 is 1. The minimum absolute atomic E-state index is 0.0874. The minimum Gasteiger partial charge on any atom is -0.497 e. The standard InChI is InChI=1S/C23H22BrN3O4S/c1-17-6-12-22(13-7-17)32(29,30)27(20-8-10-21(31-2)11-9-20)16-23(28)26-25-15-18-4-3-5-19(24)14-18/h3-15H,16H2,1-2H3,(H,26,28)/b25-15+. The average Bonchev–Trinajstić information content (AvgIpc) is 2.78. The topological polar surface area (TPSA) is 88.1 Å². The Morgan fingerprint density at radius 3 is 2.41 bits per heavy atom. The number of aryl methyl sites for hydroxylation is 1. The first kappa shape index (κ1) is 23.5. The van der Waals surface area contributed by atoms with Gasteiger partial charge in [0.25, 0.3) is 15.9 Å². The highest BCUT2D eigenvalue weighted by molar-refractivity contribution is 9.10. The Balaban J connectivity index is 1.84. The molecule has 7 nitrogen and oxygen atoms in total. The average molecular weight is 516 g/mol. The maximum Gasteiger partial charge on any atom is 0.264 e. The molecule has 0 aromatic heterocycles. The van der Waals surface area contributed by atoms with E-state index < -0.39 is 22.5 Å². The third kappa shape index (κ3) is 5.95. The third-order valence-corrected chi connectivity index (χ3v) is 6.79. The number of nitrogens with one attached hydrogen (secondary N) is 1. The van der Waals surface area contributed by atoms with Gasteiger partial charge in [-0.25, -0.2) is 13.8 Å². The van der Waals surface area contributed by atoms with Gasteiger partial charge in [-0.1, -0.05) is 45.8 Å². The SMILES string of the molecule is COc1ccc(N(CC(=O)N/N=C/c2cccc(Br)c2)S(=O)(=O)c2ccc(C)cc2)cc1. The molecule has 0 atom stereocenters. The molecule has 0 radical (unpaired) electrons. The third-order valence-electron chi connectivity index (χ3n) is 4.51. The van der Waals surface area contributed by atoms with Gasteiger partial charge in [-0.15, -0.1) is 0 Å². The van der Waals surface area contributed by atoms with Gasteiger partial charge in [0.2, 0.25) is 0 Å². The van der Waals surface area contributed by atoms with E-state index in [1.807, 2.05) is 31.2 Å². The van der Waals surface area contributed by atoms with Crippen LogP contribution in [0.3, 0.4) is 0 Å². The molecular formula is C23H22BrN3O4S. The number of hydrogen-bond donors (Lipinski definition) is 1. The zero-order valence-corrected chi connectivity index (χ0v) is 19.9. The molecule has 1 amide bonds. The molecule has 0 aliphatic carbocycles. The second-order valence-corrected chi connectivity index (χ2v) is 9.65. The van der Waals surface area contributed by atoms with Gasteiger partial charge >= 0.3 is 0 Å². The van der Waals surface area contributed by atoms with E-state index in [9.17, 15) is 13.2 Å². The summed E-state index contributed by atoms with van der Waals surface area (Å²) in [6.07, 6.45) is 1.48. The Kier molecular flexibility index (Phi) is 7.66. The van der Waals surface area contributed by atoms with Gasteiger partial charge in [-0.05, 0) is 61.0 Å². The Labute approximate surface area is 195 Å². The lowest BCUT2D eigenvalue weighted by Gasteiger charge is -2.24. The van der Waals surface area contributed by atoms with E-state index in [2.05, 4.69) is 26.5 Å². The first-order chi connectivity index (χ1) is 15.3. The molecule has 0 spiro atoms. The molecule has 0 aliphatic heterocycles. The number of hydrazone groups is 1. The van der Waals surface area contributed by atoms with E-state index in [0.717, 1.165) is 19.9 Å². The molecule has 3 rings (SSSR count). The summed E-state index contributed by atoms with van der Waals surface area (Å²) in [5, 5.41) is 3.94. The number of nitrogens with zero attached hydrogens (tertiary/aromatic N) is 2. The monoisotopic (exact) mass is 515 g/mol. The predicted octanol–water partition coefficient (Wildman–Crippen LogP) is 4.11. The highest BCUT2D eigenvalue weighted by Gasteiger charge is 2.27. The quantitative estimate of drug-likeness (QED) is 0.361. The molecule has 1 N–H and O–H groups in total. The van der Waals surface area contributed by atoms with E-state index >= 15 is 0 Å². The Morgan fingerprint density at radius 1 is 1.09 bits per heavy atom. The fraction of sp³-hybridized carbons (Fsp3) is 0.130. The van der Waals surface area contributed by atoms with Gasteiger partial charge in [0.05, 0.1) is 23.9 Å². The van der Waals surface area contributed by atoms with Gasteiger partial charge in [-0.2, -0.15) is 5.10 Å². The van der Waals surface area contributed by atoms with Crippen molar-refractivity contribution in [3.8, 4) is 5.75 Å². The summed E-state index contributed by atoms with van der Waals surface area (Å²) >= 11 is 3.37. The molecule has 0 fully saturated rings. The summed E-state index contributed by atoms with van der Waals surface area (Å²) in [6, 6.07) is 20.3. The summed E-state index contributed by atoms with van der Waals surface area (Å²) in [6.45, 7) is 1.42. The van der Waals surface area contributed by atoms with Gasteiger partial charge < -0.3 is 4.74 Å². The number of anilines is 1. The lowest BCUT2D eigenvalue weighted by Crippen LogP contribution is -2.39. The zero-order chi connectivity index (χ0) is 23.1. The summed E-state index contributed by atoms with van der Waals surface area (Å²) in [5.74, 6) is -0.00717. The second kappa shape index (κ2) is 10.4. The molecule has 3 aromatic carbocycles. The normalized spacial score (nSPS) is 11.3. The molecular weight excluding hydrogens is 494 g/mol. The number of hydrogen-bond acceptors (Lipinski definition) is 5. The Morgan fingerprint density at radius 2 is 1.78 bits per heavy atom. The van der Waals surface area contributed by atoms with Gasteiger partial charge in [-0.3, -0.25) is 9.10 Å². The molecule has 32 heavy (non-hydrogen) atoms. The molecule has 0 saturated carbocycles. The van der Waals surface area contributed by atoms with E-state index in [0.29, 0.717) is 11.4 Å². The van der Waals surface area contributed by atoms with Crippen LogP contribution in [0.15, 0.2) is 87.3 Å². The first-order valence-electron chi connectivity index (χ1n) is 9.60. The maximum absolute atomic E-state index is 13.3. The van der Waals surface area contributed by atoms with Crippen molar-refractivity contribution in [3.05, 3.63) is 88.4 Å². The Bertz CT molecular complexity index is 1210. The summed E-state index contributed by atoms with van der Waals surface area (Å²) in [7, 11) is -2.47. The van der Waals surface area contributed by atoms with Crippen LogP contribution in [0, 0.1) is 6.92 Å². The highest BCUT2D eigenvalue weighted by atomic mass is 79.9. The van der Waals surface area contributed by atoms with Crippen molar-refractivity contribution in [2.75, 3.05) is 18.0 Å². The van der Waals surface area contributed by atoms with Crippen molar-refractivity contribution in [2.45, 2.75) is 11.8 Å². The second-order valence-electron chi connectivity index (χ2n) is 6.87. The molecule has 3 aromatic rings. The molecule has 0 unspecified atom stereocenters. The molecule has 0 bridgehead atoms. The molecule has 0 heterocycles. The summed E-state index contributed by atoms with van der Waals surface area (Å²) in [5.41, 5.74) is 4.43. The van der Waals surface area contributed by atoms with Gasteiger partial charge in [0.1, 0.15) is 12.3 Å². The number of rotatable bonds is 8. The van der Waals surface area contributed by atoms with E-state index in [-0.39, 0.29) is 4.90 Å². The number of sulfonamides is 1. The van der Waals surface area contributed by atoms with Crippen LogP contribution in [0.5, 0.6) is 5.75 Å². The van der Waals surface area contributed by atoms with Crippen LogP contribution in [-0.2, 0) is 14.8 Å². The van der Waals surface area contributed by atoms with Gasteiger partial charge in [0, 0.05) is 4.47 Å². The van der Waals surface area contributed by atoms with Crippen LogP contribution < -0.4 is 14.5 Å². The zero-order valence-electron chi connectivity index (χ0n) is 17.5. The summed E-state index contributed by atoms with van der Waals surface area (Å²) in [4.78, 5) is 12.7. The molecule has 0 aliphatic rings. The maximum atomic E-state index is 13.3. The van der Waals surface area contributed by atoms with E-state index in [1.165, 1.54) is 25.5 Å². The van der Waals surface area contributed by atoms with Gasteiger partial charge in [0.15, 0.2) is 0 Å². The lowest BCUT2D eigenvalue weighted by molar-refractivity contribution is -0.119. The summed E-state index contributed by atoms with van der Waals surface area (Å²) < 4.78 is 33.7. The fourth-order valence-electron chi connectivity index (χ4n) is 2.83. The van der Waals surface area contributed by atoms with Crippen LogP contribution in [0.4, 0.5) is 5.69 Å². The van der Waals surface area contributed by atoms with Crippen LogP contribution >= 0.6 is 15.9 Å². The molecule has 9 heteroatoms. The number of ether oxygens (including phenoxy) is 1. The molecule has 0 saturated heterocycles. The van der Waals surface area contributed by atoms with E-state index in [4.69, 9.17) is 4.74 Å². The molecule has 166 valence electrons. The number of amides is 1. The highest BCUT2D eigenvalue weighted by Crippen LogP contribution is 2.26. The number of carbonyl (C=O) groups excluding carboxylic acids is 1. The fourth-order valence-corrected chi connectivity index (χ4v) is 4.67. The largest absolute Gasteiger partial charge is 0.497 e. The number of halogens is 1. The Hall–Kier alpha value is -3.17.